The molecule has 41 heavy (non-hydrogen) atoms. The highest BCUT2D eigenvalue weighted by Crippen LogP contribution is 2.53. The lowest BCUT2D eigenvalue weighted by Gasteiger charge is -2.52. The lowest BCUT2D eigenvalue weighted by atomic mass is 9.49. The van der Waals surface area contributed by atoms with Crippen molar-refractivity contribution < 1.29 is 34.2 Å². The minimum absolute atomic E-state index is 0.000894. The van der Waals surface area contributed by atoms with E-state index in [1.807, 2.05) is 24.3 Å². The summed E-state index contributed by atoms with van der Waals surface area (Å²) in [6, 6.07) is 11.1. The van der Waals surface area contributed by atoms with E-state index in [-0.39, 0.29) is 24.2 Å². The van der Waals surface area contributed by atoms with Crippen LogP contribution in [0, 0.1) is 35.5 Å². The first-order valence-electron chi connectivity index (χ1n) is 14.3. The topological polar surface area (TPSA) is 164 Å². The number of primary amides is 1. The van der Waals surface area contributed by atoms with Crippen molar-refractivity contribution in [3.63, 3.8) is 0 Å². The first kappa shape index (κ1) is 28.8. The predicted molar refractivity (Wildman–Crippen MR) is 150 cm³/mol. The summed E-state index contributed by atoms with van der Waals surface area (Å²) in [5, 5.41) is 25.8. The largest absolute Gasteiger partial charge is 0.507 e. The number of phenols is 1. The minimum atomic E-state index is -2.69. The molecule has 2 saturated carbocycles. The second kappa shape index (κ2) is 10.6. The molecule has 2 unspecified atom stereocenters. The number of amides is 1. The number of hydrogen-bond donors (Lipinski definition) is 4. The Labute approximate surface area is 238 Å². The van der Waals surface area contributed by atoms with Crippen LogP contribution in [0.2, 0.25) is 0 Å². The molecule has 5 N–H and O–H groups in total. The minimum Gasteiger partial charge on any atom is -0.507 e. The number of rotatable bonds is 7. The van der Waals surface area contributed by atoms with Gasteiger partial charge in [-0.3, -0.25) is 24.0 Å². The molecule has 216 valence electrons. The monoisotopic (exact) mass is 560 g/mol. The van der Waals surface area contributed by atoms with Crippen LogP contribution in [0.5, 0.6) is 5.75 Å². The van der Waals surface area contributed by atoms with Gasteiger partial charge in [-0.05, 0) is 66.0 Å². The van der Waals surface area contributed by atoms with Crippen LogP contribution in [0.25, 0.3) is 11.1 Å². The highest BCUT2D eigenvalue weighted by Gasteiger charge is 2.69. The number of carbonyl (C=O) groups excluding carboxylic acids is 5. The molecule has 1 amide bonds. The van der Waals surface area contributed by atoms with E-state index in [0.29, 0.717) is 5.56 Å². The number of carbonyl (C=O) groups is 5. The molecule has 2 aromatic carbocycles. The summed E-state index contributed by atoms with van der Waals surface area (Å²) in [6.07, 6.45) is 1.32. The van der Waals surface area contributed by atoms with Gasteiger partial charge < -0.3 is 21.3 Å². The maximum absolute atomic E-state index is 14.0. The van der Waals surface area contributed by atoms with Gasteiger partial charge in [0, 0.05) is 18.4 Å². The summed E-state index contributed by atoms with van der Waals surface area (Å²) in [4.78, 5) is 66.7. The first-order valence-corrected chi connectivity index (χ1v) is 14.3. The molecule has 5 rings (SSSR count). The molecule has 2 fully saturated rings. The standard InChI is InChI=1S/C32H36N2O7/c1-4-11-34-14-16-5-7-17(8-6-16)19-9-10-22(35)25-20(19)12-18-13-21-23(15(2)3)27(36)26(31(33)40)30(39)32(21,41)29(38)24(18)28(25)37/h5-10,15,18,21,23-24,26,34-35,41H,4,11-14H2,1-3H3,(H2,33,40)/t18-,21-,23-,24?,26?,32-/m0/s1. The van der Waals surface area contributed by atoms with E-state index in [1.165, 1.54) is 6.07 Å². The Bertz CT molecular complexity index is 1450. The van der Waals surface area contributed by atoms with Gasteiger partial charge in [-0.25, -0.2) is 0 Å². The number of Topliss-reactive ketones (excluding diaryl/α,β-unsaturated/α-hetero) is 4. The average Bonchev–Trinajstić information content (AvgIpc) is 2.91. The lowest BCUT2D eigenvalue weighted by Crippen LogP contribution is -2.71. The van der Waals surface area contributed by atoms with Crippen molar-refractivity contribution in [2.75, 3.05) is 6.54 Å². The molecule has 0 spiro atoms. The van der Waals surface area contributed by atoms with E-state index in [0.717, 1.165) is 36.2 Å². The van der Waals surface area contributed by atoms with Gasteiger partial charge in [0.2, 0.25) is 5.91 Å². The van der Waals surface area contributed by atoms with Gasteiger partial charge in [-0.2, -0.15) is 0 Å². The summed E-state index contributed by atoms with van der Waals surface area (Å²) in [5.41, 5.74) is 5.98. The second-order valence-electron chi connectivity index (χ2n) is 12.0. The molecule has 6 atom stereocenters. The molecule has 0 aliphatic heterocycles. The molecule has 0 radical (unpaired) electrons. The van der Waals surface area contributed by atoms with Crippen LogP contribution in [0.3, 0.4) is 0 Å². The van der Waals surface area contributed by atoms with Crippen LogP contribution in [0.4, 0.5) is 0 Å². The van der Waals surface area contributed by atoms with Crippen molar-refractivity contribution in [1.82, 2.24) is 5.32 Å². The van der Waals surface area contributed by atoms with E-state index in [9.17, 15) is 34.2 Å². The number of aliphatic hydroxyl groups is 1. The van der Waals surface area contributed by atoms with Gasteiger partial charge in [-0.1, -0.05) is 51.1 Å². The molecule has 0 saturated heterocycles. The smallest absolute Gasteiger partial charge is 0.235 e. The number of phenolic OH excluding ortho intramolecular Hbond substituents is 1. The first-order chi connectivity index (χ1) is 19.4. The van der Waals surface area contributed by atoms with Crippen molar-refractivity contribution >= 4 is 29.0 Å². The van der Waals surface area contributed by atoms with Crippen molar-refractivity contribution in [3.8, 4) is 16.9 Å². The number of fused-ring (bicyclic) bond motifs is 3. The quantitative estimate of drug-likeness (QED) is 0.296. The average molecular weight is 561 g/mol. The predicted octanol–water partition coefficient (Wildman–Crippen LogP) is 2.38. The van der Waals surface area contributed by atoms with Gasteiger partial charge >= 0.3 is 0 Å². The molecular formula is C32H36N2O7. The van der Waals surface area contributed by atoms with Crippen LogP contribution in [-0.4, -0.2) is 51.4 Å². The van der Waals surface area contributed by atoms with Crippen molar-refractivity contribution in [3.05, 3.63) is 53.1 Å². The Morgan fingerprint density at radius 3 is 2.37 bits per heavy atom. The summed E-state index contributed by atoms with van der Waals surface area (Å²) < 4.78 is 0. The van der Waals surface area contributed by atoms with Gasteiger partial charge in [-0.15, -0.1) is 0 Å². The van der Waals surface area contributed by atoms with Crippen LogP contribution in [-0.2, 0) is 32.1 Å². The zero-order valence-electron chi connectivity index (χ0n) is 23.5. The van der Waals surface area contributed by atoms with Crippen LogP contribution >= 0.6 is 0 Å². The summed E-state index contributed by atoms with van der Waals surface area (Å²) in [5.74, 6) is -11.5. The van der Waals surface area contributed by atoms with Crippen LogP contribution in [0.15, 0.2) is 36.4 Å². The SMILES string of the molecule is CCCNCc1ccc(-c2ccc(O)c3c2C[C@H]2C[C@H]4[C@H](C(C)C)C(=O)C(C(N)=O)C(=O)[C@@]4(O)C(=O)C2C3=O)cc1. The number of ketones is 4. The molecule has 0 heterocycles. The van der Waals surface area contributed by atoms with Gasteiger partial charge in [0.1, 0.15) is 5.75 Å². The Hall–Kier alpha value is -3.69. The highest BCUT2D eigenvalue weighted by atomic mass is 16.3. The maximum Gasteiger partial charge on any atom is 0.235 e. The number of aromatic hydroxyl groups is 1. The molecule has 9 nitrogen and oxygen atoms in total. The van der Waals surface area contributed by atoms with Gasteiger partial charge in [0.05, 0.1) is 11.5 Å². The number of nitrogens with two attached hydrogens (primary N) is 1. The van der Waals surface area contributed by atoms with Crippen LogP contribution < -0.4 is 11.1 Å². The molecule has 0 bridgehead atoms. The van der Waals surface area contributed by atoms with E-state index >= 15 is 0 Å². The Morgan fingerprint density at radius 1 is 1.07 bits per heavy atom. The molecule has 0 aromatic heterocycles. The van der Waals surface area contributed by atoms with Gasteiger partial charge in [0.25, 0.3) is 0 Å². The summed E-state index contributed by atoms with van der Waals surface area (Å²) in [6.45, 7) is 7.19. The summed E-state index contributed by atoms with van der Waals surface area (Å²) >= 11 is 0. The highest BCUT2D eigenvalue weighted by molar-refractivity contribution is 6.32. The fourth-order valence-electron chi connectivity index (χ4n) is 7.34. The summed E-state index contributed by atoms with van der Waals surface area (Å²) in [7, 11) is 0. The zero-order chi connectivity index (χ0) is 29.8. The third-order valence-electron chi connectivity index (χ3n) is 9.22. The number of benzene rings is 2. The molecule has 3 aliphatic rings. The van der Waals surface area contributed by atoms with Crippen molar-refractivity contribution in [1.29, 1.82) is 0 Å². The lowest BCUT2D eigenvalue weighted by molar-refractivity contribution is -0.182. The molecule has 3 aliphatic carbocycles. The normalized spacial score (nSPS) is 29.2. The van der Waals surface area contributed by atoms with E-state index in [2.05, 4.69) is 12.2 Å². The fourth-order valence-corrected chi connectivity index (χ4v) is 7.34. The van der Waals surface area contributed by atoms with Gasteiger partial charge in [0.15, 0.2) is 34.7 Å². The Morgan fingerprint density at radius 2 is 1.76 bits per heavy atom. The number of nitrogens with one attached hydrogen (secondary N) is 1. The van der Waals surface area contributed by atoms with Crippen molar-refractivity contribution in [2.24, 2.45) is 41.2 Å². The molecule has 2 aromatic rings. The van der Waals surface area contributed by atoms with Crippen LogP contribution in [0.1, 0.15) is 55.1 Å². The van der Waals surface area contributed by atoms with Crippen molar-refractivity contribution in [2.45, 2.75) is 52.2 Å². The second-order valence-corrected chi connectivity index (χ2v) is 12.0. The van der Waals surface area contributed by atoms with E-state index in [1.54, 1.807) is 19.9 Å². The van der Waals surface area contributed by atoms with E-state index < -0.39 is 70.1 Å². The Balaban J connectivity index is 1.57. The third kappa shape index (κ3) is 4.42. The maximum atomic E-state index is 14.0. The molecule has 9 heteroatoms. The third-order valence-corrected chi connectivity index (χ3v) is 9.22. The number of hydrogen-bond acceptors (Lipinski definition) is 8. The van der Waals surface area contributed by atoms with E-state index in [4.69, 9.17) is 5.73 Å². The fraction of sp³-hybridized carbons (Fsp3) is 0.469. The molecular weight excluding hydrogens is 524 g/mol. The zero-order valence-corrected chi connectivity index (χ0v) is 23.5. The Kier molecular flexibility index (Phi) is 7.46.